The van der Waals surface area contributed by atoms with Gasteiger partial charge in [-0.1, -0.05) is 54.6 Å². The number of fused-ring (bicyclic) bond motifs is 1. The van der Waals surface area contributed by atoms with Crippen LogP contribution in [0.2, 0.25) is 0 Å². The normalized spacial score (nSPS) is 19.0. The van der Waals surface area contributed by atoms with E-state index in [4.69, 9.17) is 49.3 Å². The summed E-state index contributed by atoms with van der Waals surface area (Å²) in [7, 11) is 1.61. The molecule has 16 nitrogen and oxygen atoms in total. The minimum Gasteiger partial charge on any atom is -0.497 e. The van der Waals surface area contributed by atoms with Crippen molar-refractivity contribution in [3.63, 3.8) is 0 Å². The summed E-state index contributed by atoms with van der Waals surface area (Å²) < 4.78 is 48.5. The summed E-state index contributed by atoms with van der Waals surface area (Å²) in [5.74, 6) is 2.30. The third-order valence-electron chi connectivity index (χ3n) is 11.2. The molecule has 2 fully saturated rings. The molecule has 0 amide bonds. The first-order valence-electron chi connectivity index (χ1n) is 21.3. The average Bonchev–Trinajstić information content (AvgIpc) is 3.91. The minimum atomic E-state index is -1.67. The molecule has 5 aromatic rings. The van der Waals surface area contributed by atoms with Crippen LogP contribution in [0.1, 0.15) is 64.0 Å². The SMILES string of the molecule is [C-]#[N+]CCOP(O[C@@H]1C[C@H](n2cnc3c(=O)[nH]c(N=C(C)N4CCOCC4)nc32)O[C@@H]1COC(c1ccccc1)(c1ccc(OC)cc1)c1ccc(OC)cc1)N(C(C)C)C(C)C. The van der Waals surface area contributed by atoms with Crippen LogP contribution in [0.4, 0.5) is 5.95 Å². The van der Waals surface area contributed by atoms with E-state index in [1.165, 1.54) is 0 Å². The first-order chi connectivity index (χ1) is 30.6. The molecule has 2 aliphatic heterocycles. The standard InChI is InChI=1S/C46H57N8O8P/c1-31(2)54(32(3)4)63(60-25-22-47-6)62-39-28-41(53-30-48-42-43(53)50-45(51-44(42)55)49-33(5)52-23-26-58-27-24-52)61-40(39)29-59-46(34-12-10-9-11-13-34,35-14-18-37(56-7)19-15-35)36-16-20-38(57-8)21-17-36/h9-21,30-32,39-41H,22-29H2,1-5,7-8H3,(H,50,51,55)/t39-,40-,41-,63?/m1/s1. The number of methoxy groups -OCH3 is 2. The Labute approximate surface area is 369 Å². The molecule has 1 N–H and O–H groups in total. The molecular weight excluding hydrogens is 824 g/mol. The smallest absolute Gasteiger partial charge is 0.280 e. The van der Waals surface area contributed by atoms with Crippen molar-refractivity contribution in [1.82, 2.24) is 29.1 Å². The zero-order valence-corrected chi connectivity index (χ0v) is 37.9. The topological polar surface area (TPSA) is 151 Å². The first kappa shape index (κ1) is 45.8. The minimum absolute atomic E-state index is 0.0671. The van der Waals surface area contributed by atoms with E-state index < -0.39 is 38.1 Å². The van der Waals surface area contributed by atoms with Gasteiger partial charge in [-0.3, -0.25) is 14.3 Å². The number of morpholine rings is 1. The Morgan fingerprint density at radius 2 is 1.59 bits per heavy atom. The second kappa shape index (κ2) is 21.0. The highest BCUT2D eigenvalue weighted by Crippen LogP contribution is 2.51. The number of ether oxygens (including phenoxy) is 5. The number of hydrogen-bond donors (Lipinski definition) is 1. The molecule has 1 unspecified atom stereocenters. The fourth-order valence-corrected chi connectivity index (χ4v) is 9.86. The van der Waals surface area contributed by atoms with Gasteiger partial charge in [0.2, 0.25) is 12.5 Å². The van der Waals surface area contributed by atoms with Gasteiger partial charge in [-0.25, -0.2) is 21.2 Å². The van der Waals surface area contributed by atoms with Crippen molar-refractivity contribution < 1.29 is 32.7 Å². The van der Waals surface area contributed by atoms with Crippen molar-refractivity contribution in [2.24, 2.45) is 4.99 Å². The molecule has 3 aromatic carbocycles. The molecule has 4 heterocycles. The molecule has 63 heavy (non-hydrogen) atoms. The summed E-state index contributed by atoms with van der Waals surface area (Å²) in [6, 6.07) is 26.0. The van der Waals surface area contributed by atoms with Crippen LogP contribution in [0, 0.1) is 6.57 Å². The summed E-state index contributed by atoms with van der Waals surface area (Å²) in [6.07, 6.45) is 0.0187. The fraction of sp³-hybridized carbons (Fsp3) is 0.457. The van der Waals surface area contributed by atoms with Crippen LogP contribution < -0.4 is 15.0 Å². The molecule has 0 bridgehead atoms. The van der Waals surface area contributed by atoms with Crippen molar-refractivity contribution >= 4 is 31.5 Å². The second-order valence-electron chi connectivity index (χ2n) is 15.8. The van der Waals surface area contributed by atoms with E-state index in [1.807, 2.05) is 73.7 Å². The Bertz CT molecular complexity index is 2320. The summed E-state index contributed by atoms with van der Waals surface area (Å²) in [6.45, 7) is 20.8. The van der Waals surface area contributed by atoms with Gasteiger partial charge in [0.25, 0.3) is 14.1 Å². The third-order valence-corrected chi connectivity index (χ3v) is 13.3. The molecular formula is C46H57N8O8P. The molecule has 0 saturated carbocycles. The Morgan fingerprint density at radius 3 is 2.17 bits per heavy atom. The number of H-pyrrole nitrogens is 1. The quantitative estimate of drug-likeness (QED) is 0.0232. The molecule has 0 spiro atoms. The Kier molecular flexibility index (Phi) is 15.2. The van der Waals surface area contributed by atoms with Crippen molar-refractivity contribution in [1.29, 1.82) is 0 Å². The number of hydrogen-bond acceptors (Lipinski definition) is 12. The number of aromatic amines is 1. The van der Waals surface area contributed by atoms with Gasteiger partial charge in [-0.05, 0) is 75.6 Å². The zero-order chi connectivity index (χ0) is 44.5. The fourth-order valence-electron chi connectivity index (χ4n) is 8.11. The van der Waals surface area contributed by atoms with Gasteiger partial charge in [0, 0.05) is 31.6 Å². The maximum atomic E-state index is 13.5. The number of nitrogens with zero attached hydrogens (tertiary/aromatic N) is 7. The maximum absolute atomic E-state index is 13.5. The number of nitrogens with one attached hydrogen (secondary N) is 1. The highest BCUT2D eigenvalue weighted by atomic mass is 31.2. The highest BCUT2D eigenvalue weighted by molar-refractivity contribution is 7.44. The van der Waals surface area contributed by atoms with E-state index in [9.17, 15) is 4.79 Å². The van der Waals surface area contributed by atoms with E-state index in [-0.39, 0.29) is 43.3 Å². The van der Waals surface area contributed by atoms with E-state index in [0.29, 0.717) is 49.9 Å². The number of aliphatic imine (C=N–C) groups is 1. The number of rotatable bonds is 18. The van der Waals surface area contributed by atoms with Gasteiger partial charge in [0.15, 0.2) is 11.2 Å². The van der Waals surface area contributed by atoms with Crippen molar-refractivity contribution in [3.05, 3.63) is 124 Å². The highest BCUT2D eigenvalue weighted by Gasteiger charge is 2.45. The lowest BCUT2D eigenvalue weighted by atomic mass is 9.80. The number of benzene rings is 3. The number of amidine groups is 1. The van der Waals surface area contributed by atoms with E-state index in [1.54, 1.807) is 25.1 Å². The summed E-state index contributed by atoms with van der Waals surface area (Å²) in [5, 5.41) is 0. The average molecular weight is 881 g/mol. The van der Waals surface area contributed by atoms with Gasteiger partial charge >= 0.3 is 0 Å². The van der Waals surface area contributed by atoms with Gasteiger partial charge in [-0.15, -0.1) is 0 Å². The van der Waals surface area contributed by atoms with Gasteiger partial charge < -0.3 is 42.5 Å². The van der Waals surface area contributed by atoms with Crippen LogP contribution in [0.15, 0.2) is 95.0 Å². The van der Waals surface area contributed by atoms with E-state index in [0.717, 1.165) is 22.5 Å². The predicted molar refractivity (Wildman–Crippen MR) is 241 cm³/mol. The van der Waals surface area contributed by atoms with Gasteiger partial charge in [0.1, 0.15) is 41.9 Å². The van der Waals surface area contributed by atoms with Crippen molar-refractivity contribution in [2.75, 3.05) is 60.3 Å². The molecule has 2 aromatic heterocycles. The molecule has 2 saturated heterocycles. The van der Waals surface area contributed by atoms with Crippen LogP contribution in [0.3, 0.4) is 0 Å². The predicted octanol–water partition coefficient (Wildman–Crippen LogP) is 7.48. The monoisotopic (exact) mass is 880 g/mol. The van der Waals surface area contributed by atoms with Crippen LogP contribution in [0.25, 0.3) is 16.0 Å². The van der Waals surface area contributed by atoms with Crippen LogP contribution in [0.5, 0.6) is 11.5 Å². The Balaban J connectivity index is 1.30. The summed E-state index contributed by atoms with van der Waals surface area (Å²) in [4.78, 5) is 35.9. The van der Waals surface area contributed by atoms with Crippen LogP contribution in [-0.4, -0.2) is 119 Å². The number of imidazole rings is 1. The first-order valence-corrected chi connectivity index (χ1v) is 22.4. The van der Waals surface area contributed by atoms with E-state index in [2.05, 4.69) is 64.2 Å². The molecule has 0 radical (unpaired) electrons. The van der Waals surface area contributed by atoms with Gasteiger partial charge in [0.05, 0.1) is 46.5 Å². The Morgan fingerprint density at radius 1 is 0.968 bits per heavy atom. The number of aromatic nitrogens is 4. The summed E-state index contributed by atoms with van der Waals surface area (Å²) in [5.41, 5.74) is 1.58. The molecule has 4 atom stereocenters. The lowest BCUT2D eigenvalue weighted by Gasteiger charge is -2.39. The second-order valence-corrected chi connectivity index (χ2v) is 17.2. The molecule has 7 rings (SSSR count). The largest absolute Gasteiger partial charge is 0.497 e. The third kappa shape index (κ3) is 10.3. The van der Waals surface area contributed by atoms with Crippen LogP contribution >= 0.6 is 8.53 Å². The van der Waals surface area contributed by atoms with Crippen LogP contribution in [-0.2, 0) is 28.9 Å². The molecule has 0 aliphatic carbocycles. The molecule has 17 heteroatoms. The molecule has 2 aliphatic rings. The van der Waals surface area contributed by atoms with E-state index >= 15 is 0 Å². The molecule has 334 valence electrons. The van der Waals surface area contributed by atoms with Crippen molar-refractivity contribution in [3.8, 4) is 11.5 Å². The summed E-state index contributed by atoms with van der Waals surface area (Å²) >= 11 is 0. The zero-order valence-electron chi connectivity index (χ0n) is 37.0. The lowest BCUT2D eigenvalue weighted by Crippen LogP contribution is -2.39. The van der Waals surface area contributed by atoms with Crippen molar-refractivity contribution in [2.45, 2.75) is 77.2 Å². The Hall–Kier alpha value is -5.24. The van der Waals surface area contributed by atoms with Gasteiger partial charge in [-0.2, -0.15) is 4.98 Å². The maximum Gasteiger partial charge on any atom is 0.280 e. The lowest BCUT2D eigenvalue weighted by molar-refractivity contribution is -0.0911.